The highest BCUT2D eigenvalue weighted by atomic mass is 15.1. The van der Waals surface area contributed by atoms with Gasteiger partial charge in [-0.25, -0.2) is 0 Å². The molecule has 0 radical (unpaired) electrons. The zero-order chi connectivity index (χ0) is 40.9. The summed E-state index contributed by atoms with van der Waals surface area (Å²) in [4.78, 5) is 4.90. The van der Waals surface area contributed by atoms with Gasteiger partial charge in [-0.3, -0.25) is 0 Å². The maximum Gasteiger partial charge on any atom is 0.0468 e. The van der Waals surface area contributed by atoms with E-state index in [2.05, 4.69) is 209 Å². The van der Waals surface area contributed by atoms with E-state index in [-0.39, 0.29) is 10.8 Å². The largest absolute Gasteiger partial charge is 0.310 e. The summed E-state index contributed by atoms with van der Waals surface area (Å²) in [6.07, 6.45) is 13.9. The third kappa shape index (κ3) is 5.46. The van der Waals surface area contributed by atoms with E-state index in [1.54, 1.807) is 5.57 Å². The smallest absolute Gasteiger partial charge is 0.0468 e. The molecule has 7 aromatic carbocycles. The van der Waals surface area contributed by atoms with E-state index in [0.717, 1.165) is 48.4 Å². The third-order valence-electron chi connectivity index (χ3n) is 14.4. The number of fused-ring (bicyclic) bond motifs is 6. The molecule has 0 saturated carbocycles. The van der Waals surface area contributed by atoms with E-state index in [1.165, 1.54) is 83.0 Å². The fraction of sp³-hybridized carbons (Fsp3) is 0.207. The zero-order valence-electron chi connectivity index (χ0n) is 35.7. The summed E-state index contributed by atoms with van der Waals surface area (Å²) in [5, 5.41) is 5.17. The lowest BCUT2D eigenvalue weighted by molar-refractivity contribution is 0.607. The summed E-state index contributed by atoms with van der Waals surface area (Å²) in [5.41, 5.74) is 21.3. The van der Waals surface area contributed by atoms with Crippen molar-refractivity contribution in [2.24, 2.45) is 0 Å². The van der Waals surface area contributed by atoms with Gasteiger partial charge in [0, 0.05) is 45.0 Å². The molecular weight excluding hydrogens is 725 g/mol. The Morgan fingerprint density at radius 1 is 0.433 bits per heavy atom. The van der Waals surface area contributed by atoms with Crippen molar-refractivity contribution in [3.05, 3.63) is 202 Å². The Balaban J connectivity index is 1.05. The van der Waals surface area contributed by atoms with Crippen molar-refractivity contribution < 1.29 is 0 Å². The van der Waals surface area contributed by atoms with Crippen molar-refractivity contribution in [3.63, 3.8) is 0 Å². The maximum atomic E-state index is 2.46. The molecule has 0 N–H and O–H groups in total. The number of aryl methyl sites for hydroxylation is 2. The van der Waals surface area contributed by atoms with Crippen molar-refractivity contribution in [3.8, 4) is 0 Å². The molecule has 0 saturated heterocycles. The molecule has 0 aliphatic heterocycles. The van der Waals surface area contributed by atoms with Crippen molar-refractivity contribution in [1.29, 1.82) is 0 Å². The van der Waals surface area contributed by atoms with Crippen molar-refractivity contribution in [1.82, 2.24) is 0 Å². The minimum atomic E-state index is -0.0368. The van der Waals surface area contributed by atoms with E-state index < -0.39 is 0 Å². The molecule has 2 nitrogen and oxygen atoms in total. The Kier molecular flexibility index (Phi) is 8.30. The molecule has 0 aromatic heterocycles. The van der Waals surface area contributed by atoms with Crippen LogP contribution in [0.5, 0.6) is 0 Å². The fourth-order valence-electron chi connectivity index (χ4n) is 11.2. The van der Waals surface area contributed by atoms with Crippen LogP contribution in [0.4, 0.5) is 34.1 Å². The van der Waals surface area contributed by atoms with Gasteiger partial charge in [0.15, 0.2) is 0 Å². The van der Waals surface area contributed by atoms with Gasteiger partial charge in [-0.05, 0) is 184 Å². The standard InChI is InChI=1S/C58H52N2/c1-37-45-29-25-41(59(39-17-9-7-10-18-39)43-27-31-49-47-21-13-15-23-53(47)57(3,4)55(49)35-43)33-51(45)38(2)52-34-42(26-30-46(37)52)60(40-19-11-8-12-20-40)44-28-32-50-48-22-14-16-24-54(48)58(5,6)56(50)36-44/h7-13,16-21,24-36H,14-15,22-23H2,1-6H3. The number of nitrogens with zero attached hydrogens (tertiary/aromatic N) is 2. The average molecular weight is 777 g/mol. The number of anilines is 6. The average Bonchev–Trinajstić information content (AvgIpc) is 3.65. The molecule has 0 amide bonds. The molecule has 0 bridgehead atoms. The SMILES string of the molecule is Cc1c2ccc(N(c3ccccc3)c3ccc4c(c3)C(C)(C)C3=C4CCC=C3)cc2c(C)c2cc(N(c3ccccc3)c3ccc4c(c3)C(C)(C)C3=C4C=CCC3)ccc12. The second-order valence-electron chi connectivity index (χ2n) is 18.4. The normalized spacial score (nSPS) is 16.9. The molecule has 4 aliphatic rings. The van der Waals surface area contributed by atoms with Crippen LogP contribution in [0.25, 0.3) is 32.7 Å². The molecule has 60 heavy (non-hydrogen) atoms. The van der Waals surface area contributed by atoms with Gasteiger partial charge < -0.3 is 9.80 Å². The number of rotatable bonds is 6. The third-order valence-corrected chi connectivity index (χ3v) is 14.4. The van der Waals surface area contributed by atoms with Gasteiger partial charge in [0.2, 0.25) is 0 Å². The Labute approximate surface area is 355 Å². The second-order valence-corrected chi connectivity index (χ2v) is 18.4. The molecule has 7 aromatic rings. The highest BCUT2D eigenvalue weighted by molar-refractivity contribution is 6.08. The number of benzene rings is 7. The summed E-state index contributed by atoms with van der Waals surface area (Å²) in [6.45, 7) is 14.2. The highest BCUT2D eigenvalue weighted by Gasteiger charge is 2.39. The lowest BCUT2D eigenvalue weighted by atomic mass is 9.78. The van der Waals surface area contributed by atoms with Gasteiger partial charge in [0.05, 0.1) is 0 Å². The summed E-state index contributed by atoms with van der Waals surface area (Å²) in [7, 11) is 0. The lowest BCUT2D eigenvalue weighted by Gasteiger charge is -2.30. The van der Waals surface area contributed by atoms with Crippen LogP contribution in [0.15, 0.2) is 169 Å². The van der Waals surface area contributed by atoms with Gasteiger partial charge in [-0.2, -0.15) is 0 Å². The van der Waals surface area contributed by atoms with Crippen LogP contribution in [0, 0.1) is 13.8 Å². The first kappa shape index (κ1) is 36.7. The minimum Gasteiger partial charge on any atom is -0.310 e. The quantitative estimate of drug-likeness (QED) is 0.155. The first-order valence-electron chi connectivity index (χ1n) is 21.9. The molecule has 0 spiro atoms. The van der Waals surface area contributed by atoms with E-state index >= 15 is 0 Å². The summed E-state index contributed by atoms with van der Waals surface area (Å²) < 4.78 is 0. The molecule has 2 heteroatoms. The Morgan fingerprint density at radius 2 is 0.917 bits per heavy atom. The van der Waals surface area contributed by atoms with Crippen molar-refractivity contribution in [2.45, 2.75) is 78.1 Å². The van der Waals surface area contributed by atoms with Crippen molar-refractivity contribution >= 4 is 66.8 Å². The zero-order valence-corrected chi connectivity index (χ0v) is 35.7. The van der Waals surface area contributed by atoms with Gasteiger partial charge in [-0.1, -0.05) is 118 Å². The first-order valence-corrected chi connectivity index (χ1v) is 21.9. The van der Waals surface area contributed by atoms with Crippen LogP contribution in [0.2, 0.25) is 0 Å². The number of allylic oxidation sites excluding steroid dienone is 8. The van der Waals surface area contributed by atoms with Gasteiger partial charge in [0.25, 0.3) is 0 Å². The molecule has 294 valence electrons. The monoisotopic (exact) mass is 776 g/mol. The maximum absolute atomic E-state index is 2.46. The number of hydrogen-bond acceptors (Lipinski definition) is 2. The van der Waals surface area contributed by atoms with Crippen molar-refractivity contribution in [2.75, 3.05) is 9.80 Å². The Morgan fingerprint density at radius 3 is 1.52 bits per heavy atom. The van der Waals surface area contributed by atoms with Crippen LogP contribution in [0.1, 0.15) is 86.8 Å². The van der Waals surface area contributed by atoms with Crippen LogP contribution in [0.3, 0.4) is 0 Å². The van der Waals surface area contributed by atoms with Crippen LogP contribution >= 0.6 is 0 Å². The van der Waals surface area contributed by atoms with E-state index in [0.29, 0.717) is 0 Å². The topological polar surface area (TPSA) is 6.48 Å². The Bertz CT molecular complexity index is 3040. The molecule has 0 fully saturated rings. The molecular formula is C58H52N2. The fourth-order valence-corrected chi connectivity index (χ4v) is 11.2. The Hall–Kier alpha value is -6.38. The van der Waals surface area contributed by atoms with E-state index in [9.17, 15) is 0 Å². The van der Waals surface area contributed by atoms with E-state index in [1.807, 2.05) is 0 Å². The van der Waals surface area contributed by atoms with Gasteiger partial charge >= 0.3 is 0 Å². The second kappa shape index (κ2) is 13.6. The van der Waals surface area contributed by atoms with Crippen LogP contribution in [-0.2, 0) is 10.8 Å². The van der Waals surface area contributed by atoms with Crippen LogP contribution < -0.4 is 9.80 Å². The van der Waals surface area contributed by atoms with Gasteiger partial charge in [-0.15, -0.1) is 0 Å². The highest BCUT2D eigenvalue weighted by Crippen LogP contribution is 2.53. The molecule has 4 aliphatic carbocycles. The summed E-state index contributed by atoms with van der Waals surface area (Å²) in [6, 6.07) is 50.3. The van der Waals surface area contributed by atoms with Gasteiger partial charge in [0.1, 0.15) is 0 Å². The summed E-state index contributed by atoms with van der Waals surface area (Å²) in [5.74, 6) is 0. The molecule has 11 rings (SSSR count). The number of hydrogen-bond donors (Lipinski definition) is 0. The summed E-state index contributed by atoms with van der Waals surface area (Å²) >= 11 is 0. The molecule has 0 heterocycles. The number of para-hydroxylation sites is 2. The van der Waals surface area contributed by atoms with E-state index in [4.69, 9.17) is 0 Å². The molecule has 0 unspecified atom stereocenters. The minimum absolute atomic E-state index is 0.00120. The van der Waals surface area contributed by atoms with Crippen LogP contribution in [-0.4, -0.2) is 0 Å². The first-order chi connectivity index (χ1) is 29.1. The molecule has 0 atom stereocenters. The predicted octanol–water partition coefficient (Wildman–Crippen LogP) is 16.3. The predicted molar refractivity (Wildman–Crippen MR) is 257 cm³/mol. The lowest BCUT2D eigenvalue weighted by Crippen LogP contribution is -2.18.